The van der Waals surface area contributed by atoms with E-state index in [-0.39, 0.29) is 10.7 Å². The Kier molecular flexibility index (Phi) is 3.31. The molecule has 21 heavy (non-hydrogen) atoms. The van der Waals surface area contributed by atoms with Gasteiger partial charge in [-0.3, -0.25) is 4.57 Å². The van der Waals surface area contributed by atoms with Gasteiger partial charge in [-0.1, -0.05) is 17.7 Å². The highest BCUT2D eigenvalue weighted by molar-refractivity contribution is 6.30. The zero-order valence-corrected chi connectivity index (χ0v) is 11.8. The van der Waals surface area contributed by atoms with Crippen molar-refractivity contribution in [1.29, 1.82) is 0 Å². The number of hydrogen-bond acceptors (Lipinski definition) is 4. The van der Waals surface area contributed by atoms with Gasteiger partial charge in [-0.15, -0.1) is 10.2 Å². The van der Waals surface area contributed by atoms with Gasteiger partial charge in [-0.2, -0.15) is 0 Å². The molecular formula is C14H11ClFN5. The summed E-state index contributed by atoms with van der Waals surface area (Å²) in [5.74, 6) is 0.702. The molecule has 0 spiro atoms. The van der Waals surface area contributed by atoms with E-state index in [0.717, 1.165) is 0 Å². The summed E-state index contributed by atoms with van der Waals surface area (Å²) in [7, 11) is 0. The molecular weight excluding hydrogens is 293 g/mol. The minimum absolute atomic E-state index is 0.0331. The molecule has 0 unspecified atom stereocenters. The van der Waals surface area contributed by atoms with E-state index >= 15 is 0 Å². The van der Waals surface area contributed by atoms with Crippen LogP contribution in [0.2, 0.25) is 5.02 Å². The van der Waals surface area contributed by atoms with E-state index < -0.39 is 5.82 Å². The molecule has 3 rings (SSSR count). The van der Waals surface area contributed by atoms with Crippen molar-refractivity contribution in [2.24, 2.45) is 0 Å². The third kappa shape index (κ3) is 2.23. The lowest BCUT2D eigenvalue weighted by atomic mass is 10.2. The molecule has 2 heterocycles. The van der Waals surface area contributed by atoms with Gasteiger partial charge < -0.3 is 5.73 Å². The van der Waals surface area contributed by atoms with E-state index in [1.165, 1.54) is 6.07 Å². The second-order valence-corrected chi connectivity index (χ2v) is 4.82. The fourth-order valence-electron chi connectivity index (χ4n) is 2.10. The largest absolute Gasteiger partial charge is 0.383 e. The Bertz CT molecular complexity index is 815. The molecule has 0 aliphatic rings. The van der Waals surface area contributed by atoms with Crippen molar-refractivity contribution in [2.45, 2.75) is 6.92 Å². The van der Waals surface area contributed by atoms with E-state index in [2.05, 4.69) is 15.2 Å². The lowest BCUT2D eigenvalue weighted by Crippen LogP contribution is -2.05. The average Bonchev–Trinajstić information content (AvgIpc) is 2.84. The Morgan fingerprint density at radius 2 is 2.00 bits per heavy atom. The fraction of sp³-hybridized carbons (Fsp3) is 0.0714. The number of nitrogen functional groups attached to an aromatic ring is 1. The van der Waals surface area contributed by atoms with Crippen LogP contribution in [0.1, 0.15) is 5.82 Å². The second-order valence-electron chi connectivity index (χ2n) is 4.42. The van der Waals surface area contributed by atoms with E-state index in [9.17, 15) is 4.39 Å². The van der Waals surface area contributed by atoms with Gasteiger partial charge >= 0.3 is 0 Å². The van der Waals surface area contributed by atoms with Crippen LogP contribution < -0.4 is 5.73 Å². The van der Waals surface area contributed by atoms with Crippen molar-refractivity contribution in [2.75, 3.05) is 5.73 Å². The molecule has 0 amide bonds. The minimum Gasteiger partial charge on any atom is -0.383 e. The number of anilines is 1. The standard InChI is InChI=1S/C14H11ClFN5/c1-8-19-20-14(9-4-3-7-18-13(9)17)21(8)11-6-2-5-10(15)12(11)16/h2-7H,1H3,(H2,17,18). The van der Waals surface area contributed by atoms with Crippen molar-refractivity contribution >= 4 is 17.4 Å². The number of benzene rings is 1. The summed E-state index contributed by atoms with van der Waals surface area (Å²) >= 11 is 5.85. The number of aromatic nitrogens is 4. The fourth-order valence-corrected chi connectivity index (χ4v) is 2.27. The van der Waals surface area contributed by atoms with Gasteiger partial charge in [0.2, 0.25) is 0 Å². The average molecular weight is 304 g/mol. The number of nitrogens with two attached hydrogens (primary N) is 1. The van der Waals surface area contributed by atoms with Crippen molar-refractivity contribution in [3.63, 3.8) is 0 Å². The van der Waals surface area contributed by atoms with Crippen LogP contribution in [0.15, 0.2) is 36.5 Å². The highest BCUT2D eigenvalue weighted by atomic mass is 35.5. The zero-order valence-electron chi connectivity index (χ0n) is 11.1. The SMILES string of the molecule is Cc1nnc(-c2cccnc2N)n1-c1cccc(Cl)c1F. The summed E-state index contributed by atoms with van der Waals surface area (Å²) in [6.45, 7) is 1.73. The van der Waals surface area contributed by atoms with Crippen LogP contribution in [0.25, 0.3) is 17.1 Å². The van der Waals surface area contributed by atoms with Crippen LogP contribution in [0.5, 0.6) is 0 Å². The van der Waals surface area contributed by atoms with Crippen LogP contribution in [0, 0.1) is 12.7 Å². The van der Waals surface area contributed by atoms with Crippen molar-refractivity contribution in [1.82, 2.24) is 19.7 Å². The van der Waals surface area contributed by atoms with Crippen LogP contribution in [0.4, 0.5) is 10.2 Å². The van der Waals surface area contributed by atoms with Crippen molar-refractivity contribution in [3.8, 4) is 17.1 Å². The normalized spacial score (nSPS) is 10.8. The van der Waals surface area contributed by atoms with Gasteiger partial charge in [-0.05, 0) is 31.2 Å². The lowest BCUT2D eigenvalue weighted by molar-refractivity contribution is 0.617. The number of rotatable bonds is 2. The first-order valence-corrected chi connectivity index (χ1v) is 6.54. The van der Waals surface area contributed by atoms with Crippen LogP contribution in [0.3, 0.4) is 0 Å². The highest BCUT2D eigenvalue weighted by Gasteiger charge is 2.18. The highest BCUT2D eigenvalue weighted by Crippen LogP contribution is 2.29. The molecule has 0 saturated carbocycles. The van der Waals surface area contributed by atoms with E-state index in [0.29, 0.717) is 23.0 Å². The Labute approximate surface area is 125 Å². The van der Waals surface area contributed by atoms with Gasteiger partial charge in [-0.25, -0.2) is 9.37 Å². The Balaban J connectivity index is 2.28. The molecule has 0 atom stereocenters. The topological polar surface area (TPSA) is 69.6 Å². The van der Waals surface area contributed by atoms with Crippen LogP contribution in [-0.4, -0.2) is 19.7 Å². The predicted molar refractivity (Wildman–Crippen MR) is 78.7 cm³/mol. The van der Waals surface area contributed by atoms with Gasteiger partial charge in [0.05, 0.1) is 16.3 Å². The third-order valence-corrected chi connectivity index (χ3v) is 3.37. The minimum atomic E-state index is -0.536. The van der Waals surface area contributed by atoms with Gasteiger partial charge in [0.15, 0.2) is 11.6 Å². The summed E-state index contributed by atoms with van der Waals surface area (Å²) < 4.78 is 15.9. The first kappa shape index (κ1) is 13.5. The quantitative estimate of drug-likeness (QED) is 0.790. The molecule has 0 radical (unpaired) electrons. The summed E-state index contributed by atoms with van der Waals surface area (Å²) in [5, 5.41) is 8.11. The van der Waals surface area contributed by atoms with Crippen LogP contribution in [-0.2, 0) is 0 Å². The molecule has 0 bridgehead atoms. The van der Waals surface area contributed by atoms with Gasteiger partial charge in [0.1, 0.15) is 11.6 Å². The van der Waals surface area contributed by atoms with Crippen molar-refractivity contribution < 1.29 is 4.39 Å². The first-order chi connectivity index (χ1) is 10.1. The number of pyridine rings is 1. The molecule has 2 aromatic heterocycles. The molecule has 0 fully saturated rings. The molecule has 2 N–H and O–H groups in total. The number of hydrogen-bond donors (Lipinski definition) is 1. The van der Waals surface area contributed by atoms with E-state index in [4.69, 9.17) is 17.3 Å². The molecule has 7 heteroatoms. The predicted octanol–water partition coefficient (Wildman–Crippen LogP) is 3.01. The number of nitrogens with zero attached hydrogens (tertiary/aromatic N) is 4. The number of aryl methyl sites for hydroxylation is 1. The maximum Gasteiger partial charge on any atom is 0.172 e. The third-order valence-electron chi connectivity index (χ3n) is 3.08. The summed E-state index contributed by atoms with van der Waals surface area (Å²) in [6.07, 6.45) is 1.58. The lowest BCUT2D eigenvalue weighted by Gasteiger charge is -2.11. The molecule has 1 aromatic carbocycles. The van der Waals surface area contributed by atoms with Crippen LogP contribution >= 0.6 is 11.6 Å². The molecule has 0 aliphatic carbocycles. The molecule has 3 aromatic rings. The molecule has 5 nitrogen and oxygen atoms in total. The monoisotopic (exact) mass is 303 g/mol. The molecule has 0 saturated heterocycles. The first-order valence-electron chi connectivity index (χ1n) is 6.17. The van der Waals surface area contributed by atoms with Crippen molar-refractivity contribution in [3.05, 3.63) is 53.2 Å². The maximum absolute atomic E-state index is 14.3. The molecule has 106 valence electrons. The summed E-state index contributed by atoms with van der Waals surface area (Å²) in [4.78, 5) is 4.02. The summed E-state index contributed by atoms with van der Waals surface area (Å²) in [6, 6.07) is 8.24. The second kappa shape index (κ2) is 5.14. The Morgan fingerprint density at radius 3 is 2.76 bits per heavy atom. The Hall–Kier alpha value is -2.47. The molecule has 0 aliphatic heterocycles. The maximum atomic E-state index is 14.3. The van der Waals surface area contributed by atoms with Gasteiger partial charge in [0.25, 0.3) is 0 Å². The number of halogens is 2. The van der Waals surface area contributed by atoms with E-state index in [1.807, 2.05) is 0 Å². The zero-order chi connectivity index (χ0) is 15.0. The van der Waals surface area contributed by atoms with Gasteiger partial charge in [0, 0.05) is 6.20 Å². The Morgan fingerprint density at radius 1 is 1.19 bits per heavy atom. The smallest absolute Gasteiger partial charge is 0.172 e. The summed E-state index contributed by atoms with van der Waals surface area (Å²) in [5.41, 5.74) is 6.71. The van der Waals surface area contributed by atoms with E-state index in [1.54, 1.807) is 42.0 Å².